The van der Waals surface area contributed by atoms with E-state index in [1.807, 2.05) is 0 Å². The van der Waals surface area contributed by atoms with E-state index < -0.39 is 0 Å². The molecule has 0 radical (unpaired) electrons. The Morgan fingerprint density at radius 3 is 2.07 bits per heavy atom. The lowest BCUT2D eigenvalue weighted by molar-refractivity contribution is 0.0649. The molecule has 0 aliphatic carbocycles. The molecule has 0 heterocycles. The lowest BCUT2D eigenvalue weighted by atomic mass is 9.86. The van der Waals surface area contributed by atoms with E-state index in [0.29, 0.717) is 17.9 Å². The first-order chi connectivity index (χ1) is 6.66. The molecule has 0 aliphatic rings. The van der Waals surface area contributed by atoms with E-state index in [1.165, 1.54) is 5.56 Å². The summed E-state index contributed by atoms with van der Waals surface area (Å²) in [6.07, 6.45) is 0.310. The molecule has 1 aromatic carbocycles. The molecule has 0 saturated carbocycles. The highest BCUT2D eigenvalue weighted by Gasteiger charge is 2.19. The van der Waals surface area contributed by atoms with Gasteiger partial charge in [0.1, 0.15) is 0 Å². The maximum atomic E-state index is 5.35. The van der Waals surface area contributed by atoms with E-state index >= 15 is 0 Å². The van der Waals surface area contributed by atoms with Gasteiger partial charge in [0.2, 0.25) is 0 Å². The molecule has 0 fully saturated rings. The highest BCUT2D eigenvalue weighted by molar-refractivity contribution is 5.19. The van der Waals surface area contributed by atoms with Gasteiger partial charge in [0.25, 0.3) is 0 Å². The number of rotatable bonds is 4. The summed E-state index contributed by atoms with van der Waals surface area (Å²) >= 11 is 0. The molecular formula is C13H20O. The standard InChI is InChI=1S/C13H20O/c1-10(12(3)14-4)11(2)13-8-6-5-7-9-13/h5-12H,1-4H3/t10-,11?,12-/m0/s1. The van der Waals surface area contributed by atoms with Crippen molar-refractivity contribution in [3.8, 4) is 0 Å². The van der Waals surface area contributed by atoms with Crippen LogP contribution in [0.25, 0.3) is 0 Å². The Hall–Kier alpha value is -0.820. The number of ether oxygens (including phenoxy) is 1. The lowest BCUT2D eigenvalue weighted by Gasteiger charge is -2.25. The van der Waals surface area contributed by atoms with Crippen molar-refractivity contribution in [2.75, 3.05) is 7.11 Å². The molecule has 0 N–H and O–H groups in total. The quantitative estimate of drug-likeness (QED) is 0.710. The molecule has 0 aliphatic heterocycles. The maximum absolute atomic E-state index is 5.35. The molecule has 14 heavy (non-hydrogen) atoms. The second-order valence-electron chi connectivity index (χ2n) is 4.00. The Kier molecular flexibility index (Phi) is 4.15. The molecule has 0 bridgehead atoms. The number of methoxy groups -OCH3 is 1. The van der Waals surface area contributed by atoms with Gasteiger partial charge in [-0.15, -0.1) is 0 Å². The van der Waals surface area contributed by atoms with Crippen molar-refractivity contribution >= 4 is 0 Å². The third kappa shape index (κ3) is 2.58. The zero-order valence-electron chi connectivity index (χ0n) is 9.53. The third-order valence-electron chi connectivity index (χ3n) is 3.23. The van der Waals surface area contributed by atoms with E-state index in [4.69, 9.17) is 4.74 Å². The first kappa shape index (κ1) is 11.3. The SMILES string of the molecule is CO[C@@H](C)[C@@H](C)C(C)c1ccccc1. The van der Waals surface area contributed by atoms with Crippen molar-refractivity contribution in [1.82, 2.24) is 0 Å². The number of hydrogen-bond acceptors (Lipinski definition) is 1. The average Bonchev–Trinajstić information content (AvgIpc) is 2.27. The normalized spacial score (nSPS) is 17.4. The topological polar surface area (TPSA) is 9.23 Å². The van der Waals surface area contributed by atoms with Gasteiger partial charge in [-0.3, -0.25) is 0 Å². The molecular weight excluding hydrogens is 172 g/mol. The maximum Gasteiger partial charge on any atom is 0.0574 e. The van der Waals surface area contributed by atoms with Gasteiger partial charge < -0.3 is 4.74 Å². The van der Waals surface area contributed by atoms with Crippen LogP contribution in [0.5, 0.6) is 0 Å². The lowest BCUT2D eigenvalue weighted by Crippen LogP contribution is -2.21. The van der Waals surface area contributed by atoms with Gasteiger partial charge in [0.05, 0.1) is 6.10 Å². The van der Waals surface area contributed by atoms with Gasteiger partial charge in [-0.1, -0.05) is 44.2 Å². The fraction of sp³-hybridized carbons (Fsp3) is 0.538. The summed E-state index contributed by atoms with van der Waals surface area (Å²) in [5.41, 5.74) is 1.39. The largest absolute Gasteiger partial charge is 0.381 e. The molecule has 0 amide bonds. The summed E-state index contributed by atoms with van der Waals surface area (Å²) in [6.45, 7) is 6.63. The summed E-state index contributed by atoms with van der Waals surface area (Å²) in [5, 5.41) is 0. The van der Waals surface area contributed by atoms with Crippen LogP contribution in [0.15, 0.2) is 30.3 Å². The highest BCUT2D eigenvalue weighted by Crippen LogP contribution is 2.27. The van der Waals surface area contributed by atoms with E-state index in [0.717, 1.165) is 0 Å². The zero-order valence-corrected chi connectivity index (χ0v) is 9.53. The van der Waals surface area contributed by atoms with Crippen molar-refractivity contribution in [3.63, 3.8) is 0 Å². The van der Waals surface area contributed by atoms with Gasteiger partial charge in [0.15, 0.2) is 0 Å². The predicted molar refractivity (Wildman–Crippen MR) is 60.5 cm³/mol. The molecule has 0 aromatic heterocycles. The van der Waals surface area contributed by atoms with Crippen LogP contribution in [0.3, 0.4) is 0 Å². The van der Waals surface area contributed by atoms with E-state index in [9.17, 15) is 0 Å². The minimum Gasteiger partial charge on any atom is -0.381 e. The first-order valence-electron chi connectivity index (χ1n) is 5.24. The minimum atomic E-state index is 0.310. The van der Waals surface area contributed by atoms with Gasteiger partial charge in [-0.05, 0) is 24.3 Å². The van der Waals surface area contributed by atoms with Gasteiger partial charge in [0, 0.05) is 7.11 Å². The van der Waals surface area contributed by atoms with Crippen LogP contribution < -0.4 is 0 Å². The highest BCUT2D eigenvalue weighted by atomic mass is 16.5. The Morgan fingerprint density at radius 1 is 1.00 bits per heavy atom. The van der Waals surface area contributed by atoms with Crippen molar-refractivity contribution in [1.29, 1.82) is 0 Å². The summed E-state index contributed by atoms with van der Waals surface area (Å²) in [6, 6.07) is 10.6. The van der Waals surface area contributed by atoms with Gasteiger partial charge in [-0.2, -0.15) is 0 Å². The molecule has 78 valence electrons. The Balaban J connectivity index is 2.70. The fourth-order valence-electron chi connectivity index (χ4n) is 1.68. The Labute approximate surface area is 87.1 Å². The molecule has 3 atom stereocenters. The summed E-state index contributed by atoms with van der Waals surface area (Å²) < 4.78 is 5.35. The van der Waals surface area contributed by atoms with Crippen molar-refractivity contribution in [2.24, 2.45) is 5.92 Å². The summed E-state index contributed by atoms with van der Waals surface area (Å²) in [4.78, 5) is 0. The Morgan fingerprint density at radius 2 is 1.57 bits per heavy atom. The average molecular weight is 192 g/mol. The zero-order chi connectivity index (χ0) is 10.6. The fourth-order valence-corrected chi connectivity index (χ4v) is 1.68. The van der Waals surface area contributed by atoms with Crippen LogP contribution in [0.1, 0.15) is 32.3 Å². The van der Waals surface area contributed by atoms with Crippen LogP contribution >= 0.6 is 0 Å². The number of benzene rings is 1. The molecule has 1 unspecified atom stereocenters. The molecule has 0 saturated heterocycles. The monoisotopic (exact) mass is 192 g/mol. The second kappa shape index (κ2) is 5.16. The van der Waals surface area contributed by atoms with Crippen LogP contribution in [0.2, 0.25) is 0 Å². The summed E-state index contributed by atoms with van der Waals surface area (Å²) in [7, 11) is 1.78. The van der Waals surface area contributed by atoms with Crippen LogP contribution in [-0.4, -0.2) is 13.2 Å². The molecule has 1 aromatic rings. The van der Waals surface area contributed by atoms with Gasteiger partial charge >= 0.3 is 0 Å². The molecule has 0 spiro atoms. The molecule has 1 heteroatoms. The summed E-state index contributed by atoms with van der Waals surface area (Å²) in [5.74, 6) is 1.09. The van der Waals surface area contributed by atoms with Crippen molar-refractivity contribution < 1.29 is 4.74 Å². The first-order valence-corrected chi connectivity index (χ1v) is 5.24. The van der Waals surface area contributed by atoms with Crippen LogP contribution in [-0.2, 0) is 4.74 Å². The Bertz CT molecular complexity index is 255. The van der Waals surface area contributed by atoms with Crippen molar-refractivity contribution in [2.45, 2.75) is 32.8 Å². The smallest absolute Gasteiger partial charge is 0.0574 e. The molecule has 1 nitrogen and oxygen atoms in total. The minimum absolute atomic E-state index is 0.310. The van der Waals surface area contributed by atoms with Crippen molar-refractivity contribution in [3.05, 3.63) is 35.9 Å². The van der Waals surface area contributed by atoms with E-state index in [1.54, 1.807) is 7.11 Å². The number of hydrogen-bond donors (Lipinski definition) is 0. The van der Waals surface area contributed by atoms with Crippen LogP contribution in [0.4, 0.5) is 0 Å². The van der Waals surface area contributed by atoms with Gasteiger partial charge in [-0.25, -0.2) is 0 Å². The third-order valence-corrected chi connectivity index (χ3v) is 3.23. The van der Waals surface area contributed by atoms with E-state index in [-0.39, 0.29) is 0 Å². The van der Waals surface area contributed by atoms with Crippen LogP contribution in [0, 0.1) is 5.92 Å². The second-order valence-corrected chi connectivity index (χ2v) is 4.00. The molecule has 1 rings (SSSR count). The van der Waals surface area contributed by atoms with E-state index in [2.05, 4.69) is 51.1 Å². The predicted octanol–water partition coefficient (Wildman–Crippen LogP) is 3.46.